The summed E-state index contributed by atoms with van der Waals surface area (Å²) in [5.41, 5.74) is 0. The molecule has 0 heterocycles. The van der Waals surface area contributed by atoms with E-state index in [4.69, 9.17) is 5.11 Å². The van der Waals surface area contributed by atoms with E-state index in [2.05, 4.69) is 24.5 Å². The summed E-state index contributed by atoms with van der Waals surface area (Å²) in [6, 6.07) is -0.102. The van der Waals surface area contributed by atoms with Crippen LogP contribution in [-0.2, 0) is 4.79 Å². The fraction of sp³-hybridized carbons (Fsp3) is 0.917. The van der Waals surface area contributed by atoms with Crippen molar-refractivity contribution in [3.63, 3.8) is 0 Å². The number of rotatable bonds is 8. The Kier molecular flexibility index (Phi) is 5.77. The van der Waals surface area contributed by atoms with Crippen LogP contribution in [0, 0.1) is 11.8 Å². The van der Waals surface area contributed by atoms with Crippen LogP contribution in [-0.4, -0.2) is 36.8 Å². The van der Waals surface area contributed by atoms with Crippen molar-refractivity contribution in [3.05, 3.63) is 0 Å². The van der Waals surface area contributed by atoms with Crippen molar-refractivity contribution in [1.82, 2.24) is 10.6 Å². The number of aliphatic hydroxyl groups excluding tert-OH is 1. The van der Waals surface area contributed by atoms with Gasteiger partial charge >= 0.3 is 0 Å². The molecule has 94 valence electrons. The lowest BCUT2D eigenvalue weighted by Gasteiger charge is -2.18. The molecule has 1 saturated carbocycles. The van der Waals surface area contributed by atoms with Crippen molar-refractivity contribution >= 4 is 5.91 Å². The number of carbonyl (C=O) groups excluding carboxylic acids is 1. The topological polar surface area (TPSA) is 61.4 Å². The second-order valence-electron chi connectivity index (χ2n) is 5.15. The van der Waals surface area contributed by atoms with E-state index in [1.807, 2.05) is 0 Å². The molecular weight excluding hydrogens is 204 g/mol. The highest BCUT2D eigenvalue weighted by Gasteiger charge is 2.20. The van der Waals surface area contributed by atoms with Crippen LogP contribution in [0.25, 0.3) is 0 Å². The molecule has 16 heavy (non-hydrogen) atoms. The van der Waals surface area contributed by atoms with Gasteiger partial charge < -0.3 is 15.7 Å². The third kappa shape index (κ3) is 6.08. The molecule has 1 rings (SSSR count). The van der Waals surface area contributed by atoms with Crippen LogP contribution in [0.4, 0.5) is 0 Å². The standard InChI is InChI=1S/C12H24N2O2/c1-9(2)5-11(8-15)14-12(16)7-13-6-10-3-4-10/h9-11,13,15H,3-8H2,1-2H3,(H,14,16). The molecule has 4 heteroatoms. The second kappa shape index (κ2) is 6.86. The molecule has 1 atom stereocenters. The van der Waals surface area contributed by atoms with E-state index in [9.17, 15) is 4.79 Å². The molecule has 0 aliphatic heterocycles. The van der Waals surface area contributed by atoms with Crippen molar-refractivity contribution in [2.24, 2.45) is 11.8 Å². The van der Waals surface area contributed by atoms with E-state index in [1.54, 1.807) is 0 Å². The molecule has 1 aliphatic rings. The van der Waals surface area contributed by atoms with Crippen LogP contribution in [0.15, 0.2) is 0 Å². The highest BCUT2D eigenvalue weighted by atomic mass is 16.3. The molecule has 3 N–H and O–H groups in total. The van der Waals surface area contributed by atoms with Gasteiger partial charge in [0, 0.05) is 0 Å². The summed E-state index contributed by atoms with van der Waals surface area (Å²) in [7, 11) is 0. The fourth-order valence-electron chi connectivity index (χ4n) is 1.74. The summed E-state index contributed by atoms with van der Waals surface area (Å²) in [5.74, 6) is 1.26. The Morgan fingerprint density at radius 2 is 2.12 bits per heavy atom. The number of amides is 1. The average molecular weight is 228 g/mol. The number of hydrogen-bond acceptors (Lipinski definition) is 3. The lowest BCUT2D eigenvalue weighted by Crippen LogP contribution is -2.43. The monoisotopic (exact) mass is 228 g/mol. The van der Waals surface area contributed by atoms with Gasteiger partial charge in [0.25, 0.3) is 0 Å². The summed E-state index contributed by atoms with van der Waals surface area (Å²) >= 11 is 0. The van der Waals surface area contributed by atoms with Crippen LogP contribution in [0.5, 0.6) is 0 Å². The largest absolute Gasteiger partial charge is 0.394 e. The van der Waals surface area contributed by atoms with Gasteiger partial charge in [0.05, 0.1) is 19.2 Å². The predicted molar refractivity (Wildman–Crippen MR) is 64.1 cm³/mol. The summed E-state index contributed by atoms with van der Waals surface area (Å²) in [5, 5.41) is 15.1. The maximum absolute atomic E-state index is 11.5. The van der Waals surface area contributed by atoms with Gasteiger partial charge in [0.15, 0.2) is 0 Å². The van der Waals surface area contributed by atoms with Gasteiger partial charge in [-0.15, -0.1) is 0 Å². The number of nitrogens with one attached hydrogen (secondary N) is 2. The summed E-state index contributed by atoms with van der Waals surface area (Å²) in [4.78, 5) is 11.5. The van der Waals surface area contributed by atoms with Crippen molar-refractivity contribution in [2.45, 2.75) is 39.2 Å². The molecule has 1 amide bonds. The minimum Gasteiger partial charge on any atom is -0.394 e. The first-order chi connectivity index (χ1) is 7.61. The maximum atomic E-state index is 11.5. The number of hydrogen-bond donors (Lipinski definition) is 3. The highest BCUT2D eigenvalue weighted by molar-refractivity contribution is 5.78. The van der Waals surface area contributed by atoms with Crippen LogP contribution < -0.4 is 10.6 Å². The third-order valence-corrected chi connectivity index (χ3v) is 2.76. The van der Waals surface area contributed by atoms with Gasteiger partial charge in [0.1, 0.15) is 0 Å². The first-order valence-corrected chi connectivity index (χ1v) is 6.22. The number of aliphatic hydroxyl groups is 1. The molecule has 4 nitrogen and oxygen atoms in total. The van der Waals surface area contributed by atoms with Crippen molar-refractivity contribution in [2.75, 3.05) is 19.7 Å². The summed E-state index contributed by atoms with van der Waals surface area (Å²) in [6.45, 7) is 5.50. The van der Waals surface area contributed by atoms with Crippen LogP contribution in [0.1, 0.15) is 33.1 Å². The minimum atomic E-state index is -0.102. The SMILES string of the molecule is CC(C)CC(CO)NC(=O)CNCC1CC1. The lowest BCUT2D eigenvalue weighted by molar-refractivity contribution is -0.121. The van der Waals surface area contributed by atoms with Crippen molar-refractivity contribution < 1.29 is 9.90 Å². The molecule has 0 saturated heterocycles. The molecule has 1 fully saturated rings. The van der Waals surface area contributed by atoms with Gasteiger partial charge in [-0.3, -0.25) is 4.79 Å². The molecule has 0 radical (unpaired) electrons. The lowest BCUT2D eigenvalue weighted by atomic mass is 10.0. The molecule has 1 aliphatic carbocycles. The maximum Gasteiger partial charge on any atom is 0.234 e. The van der Waals surface area contributed by atoms with Gasteiger partial charge in [-0.25, -0.2) is 0 Å². The Morgan fingerprint density at radius 1 is 1.44 bits per heavy atom. The van der Waals surface area contributed by atoms with E-state index < -0.39 is 0 Å². The normalized spacial score (nSPS) is 17.5. The summed E-state index contributed by atoms with van der Waals surface area (Å²) in [6.07, 6.45) is 3.41. The van der Waals surface area contributed by atoms with Crippen LogP contribution in [0.3, 0.4) is 0 Å². The molecule has 0 bridgehead atoms. The Morgan fingerprint density at radius 3 is 2.62 bits per heavy atom. The van der Waals surface area contributed by atoms with E-state index in [1.165, 1.54) is 12.8 Å². The van der Waals surface area contributed by atoms with Gasteiger partial charge in [-0.2, -0.15) is 0 Å². The molecule has 0 aromatic rings. The zero-order chi connectivity index (χ0) is 12.0. The second-order valence-corrected chi connectivity index (χ2v) is 5.15. The minimum absolute atomic E-state index is 0.0136. The molecule has 0 aromatic heterocycles. The Bertz CT molecular complexity index is 215. The third-order valence-electron chi connectivity index (χ3n) is 2.76. The Balaban J connectivity index is 2.09. The predicted octanol–water partition coefficient (Wildman–Crippen LogP) is 0.509. The number of carbonyl (C=O) groups is 1. The highest BCUT2D eigenvalue weighted by Crippen LogP contribution is 2.27. The molecular formula is C12H24N2O2. The van der Waals surface area contributed by atoms with Crippen molar-refractivity contribution in [1.29, 1.82) is 0 Å². The van der Waals surface area contributed by atoms with E-state index in [0.29, 0.717) is 12.5 Å². The first-order valence-electron chi connectivity index (χ1n) is 6.22. The average Bonchev–Trinajstić information content (AvgIpc) is 3.00. The van der Waals surface area contributed by atoms with Gasteiger partial charge in [-0.05, 0) is 37.6 Å². The quantitative estimate of drug-likeness (QED) is 0.567. The molecule has 1 unspecified atom stereocenters. The zero-order valence-corrected chi connectivity index (χ0v) is 10.3. The van der Waals surface area contributed by atoms with Gasteiger partial charge in [-0.1, -0.05) is 13.8 Å². The molecule has 0 aromatic carbocycles. The van der Waals surface area contributed by atoms with E-state index in [0.717, 1.165) is 18.9 Å². The van der Waals surface area contributed by atoms with Crippen molar-refractivity contribution in [3.8, 4) is 0 Å². The smallest absolute Gasteiger partial charge is 0.234 e. The van der Waals surface area contributed by atoms with E-state index >= 15 is 0 Å². The van der Waals surface area contributed by atoms with E-state index in [-0.39, 0.29) is 18.6 Å². The fourth-order valence-corrected chi connectivity index (χ4v) is 1.74. The van der Waals surface area contributed by atoms with Crippen LogP contribution >= 0.6 is 0 Å². The zero-order valence-electron chi connectivity index (χ0n) is 10.3. The van der Waals surface area contributed by atoms with Crippen LogP contribution in [0.2, 0.25) is 0 Å². The Labute approximate surface area is 97.8 Å². The van der Waals surface area contributed by atoms with Gasteiger partial charge in [0.2, 0.25) is 5.91 Å². The Hall–Kier alpha value is -0.610. The molecule has 0 spiro atoms. The summed E-state index contributed by atoms with van der Waals surface area (Å²) < 4.78 is 0. The first kappa shape index (κ1) is 13.5.